The van der Waals surface area contributed by atoms with Gasteiger partial charge in [-0.2, -0.15) is 0 Å². The molecule has 1 unspecified atom stereocenters. The summed E-state index contributed by atoms with van der Waals surface area (Å²) in [5.74, 6) is 0.128. The van der Waals surface area contributed by atoms with Crippen molar-refractivity contribution in [2.24, 2.45) is 5.92 Å². The molecule has 104 valence electrons. The molecular formula is C14H20FN3O. The van der Waals surface area contributed by atoms with E-state index in [1.807, 2.05) is 0 Å². The maximum Gasteiger partial charge on any atom is 0.238 e. The summed E-state index contributed by atoms with van der Waals surface area (Å²) in [5, 5.41) is 5.82. The van der Waals surface area contributed by atoms with E-state index in [-0.39, 0.29) is 18.3 Å². The van der Waals surface area contributed by atoms with Crippen LogP contribution in [0.1, 0.15) is 6.42 Å². The molecule has 5 heteroatoms. The minimum absolute atomic E-state index is 0.142. The summed E-state index contributed by atoms with van der Waals surface area (Å²) in [4.78, 5) is 13.9. The second-order valence-corrected chi connectivity index (χ2v) is 5.11. The topological polar surface area (TPSA) is 44.4 Å². The molecule has 2 rings (SSSR count). The van der Waals surface area contributed by atoms with Gasteiger partial charge < -0.3 is 15.5 Å². The van der Waals surface area contributed by atoms with E-state index in [0.29, 0.717) is 11.6 Å². The minimum Gasteiger partial charge on any atom is -0.325 e. The number of hydrogen-bond donors (Lipinski definition) is 2. The maximum absolute atomic E-state index is 12.9. The summed E-state index contributed by atoms with van der Waals surface area (Å²) in [5.41, 5.74) is 0.493. The number of benzene rings is 1. The second kappa shape index (κ2) is 6.63. The van der Waals surface area contributed by atoms with Crippen molar-refractivity contribution in [1.82, 2.24) is 10.2 Å². The monoisotopic (exact) mass is 265 g/mol. The lowest BCUT2D eigenvalue weighted by Gasteiger charge is -2.11. The molecule has 0 bridgehead atoms. The summed E-state index contributed by atoms with van der Waals surface area (Å²) in [6, 6.07) is 5.91. The molecule has 1 atom stereocenters. The van der Waals surface area contributed by atoms with Gasteiger partial charge in [0, 0.05) is 12.2 Å². The summed E-state index contributed by atoms with van der Waals surface area (Å²) < 4.78 is 12.9. The third-order valence-corrected chi connectivity index (χ3v) is 3.32. The number of amides is 1. The Hall–Kier alpha value is -1.46. The molecule has 0 aliphatic carbocycles. The normalized spacial score (nSPS) is 19.6. The molecule has 2 N–H and O–H groups in total. The molecule has 1 aliphatic heterocycles. The number of carbonyl (C=O) groups excluding carboxylic acids is 1. The zero-order chi connectivity index (χ0) is 13.7. The van der Waals surface area contributed by atoms with E-state index in [4.69, 9.17) is 0 Å². The molecule has 1 amide bonds. The summed E-state index contributed by atoms with van der Waals surface area (Å²) in [6.45, 7) is 3.32. The van der Waals surface area contributed by atoms with Crippen molar-refractivity contribution in [2.75, 3.05) is 38.5 Å². The van der Waals surface area contributed by atoms with Crippen LogP contribution in [-0.2, 0) is 4.79 Å². The van der Waals surface area contributed by atoms with E-state index in [1.54, 1.807) is 12.1 Å². The van der Waals surface area contributed by atoms with Gasteiger partial charge in [-0.15, -0.1) is 0 Å². The fraction of sp³-hybridized carbons (Fsp3) is 0.500. The zero-order valence-electron chi connectivity index (χ0n) is 11.2. The van der Waals surface area contributed by atoms with Gasteiger partial charge in [-0.1, -0.05) is 6.07 Å². The number of halogens is 1. The van der Waals surface area contributed by atoms with Gasteiger partial charge in [0.1, 0.15) is 5.82 Å². The molecule has 1 aromatic rings. The first-order chi connectivity index (χ1) is 9.13. The van der Waals surface area contributed by atoms with Crippen molar-refractivity contribution < 1.29 is 9.18 Å². The first-order valence-electron chi connectivity index (χ1n) is 6.58. The van der Waals surface area contributed by atoms with Crippen molar-refractivity contribution in [3.05, 3.63) is 30.1 Å². The van der Waals surface area contributed by atoms with Crippen LogP contribution >= 0.6 is 0 Å². The molecule has 1 saturated heterocycles. The molecule has 0 radical (unpaired) electrons. The van der Waals surface area contributed by atoms with E-state index in [1.165, 1.54) is 18.6 Å². The Kier molecular flexibility index (Phi) is 4.87. The molecule has 1 aliphatic rings. The number of nitrogens with one attached hydrogen (secondary N) is 2. The Bertz CT molecular complexity index is 438. The van der Waals surface area contributed by atoms with Crippen LogP contribution in [0, 0.1) is 11.7 Å². The standard InChI is InChI=1S/C14H20FN3O/c1-18-6-5-11(10-18)8-16-9-14(19)17-13-4-2-3-12(15)7-13/h2-4,7,11,16H,5-6,8-10H2,1H3,(H,17,19). The van der Waals surface area contributed by atoms with Crippen LogP contribution in [-0.4, -0.2) is 44.0 Å². The summed E-state index contributed by atoms with van der Waals surface area (Å²) in [6.07, 6.45) is 1.18. The van der Waals surface area contributed by atoms with Crippen LogP contribution in [0.15, 0.2) is 24.3 Å². The first kappa shape index (κ1) is 14.0. The highest BCUT2D eigenvalue weighted by Crippen LogP contribution is 2.12. The molecule has 0 spiro atoms. The fourth-order valence-electron chi connectivity index (χ4n) is 2.35. The highest BCUT2D eigenvalue weighted by Gasteiger charge is 2.18. The molecule has 4 nitrogen and oxygen atoms in total. The third kappa shape index (κ3) is 4.61. The average molecular weight is 265 g/mol. The van der Waals surface area contributed by atoms with Crippen LogP contribution < -0.4 is 10.6 Å². The van der Waals surface area contributed by atoms with Gasteiger partial charge in [-0.25, -0.2) is 4.39 Å². The van der Waals surface area contributed by atoms with Crippen molar-refractivity contribution in [3.63, 3.8) is 0 Å². The summed E-state index contributed by atoms with van der Waals surface area (Å²) in [7, 11) is 2.11. The largest absolute Gasteiger partial charge is 0.325 e. The summed E-state index contributed by atoms with van der Waals surface area (Å²) >= 11 is 0. The van der Waals surface area contributed by atoms with Crippen LogP contribution in [0.2, 0.25) is 0 Å². The zero-order valence-corrected chi connectivity index (χ0v) is 11.2. The lowest BCUT2D eigenvalue weighted by atomic mass is 10.1. The Balaban J connectivity index is 1.67. The average Bonchev–Trinajstić information content (AvgIpc) is 2.75. The second-order valence-electron chi connectivity index (χ2n) is 5.11. The van der Waals surface area contributed by atoms with E-state index in [2.05, 4.69) is 22.6 Å². The number of rotatable bonds is 5. The Labute approximate surface area is 113 Å². The molecule has 1 fully saturated rings. The Morgan fingerprint density at radius 1 is 1.53 bits per heavy atom. The number of carbonyl (C=O) groups is 1. The van der Waals surface area contributed by atoms with Gasteiger partial charge in [0.15, 0.2) is 0 Å². The quantitative estimate of drug-likeness (QED) is 0.843. The van der Waals surface area contributed by atoms with Gasteiger partial charge in [-0.3, -0.25) is 4.79 Å². The van der Waals surface area contributed by atoms with Crippen molar-refractivity contribution >= 4 is 11.6 Å². The predicted octanol–water partition coefficient (Wildman–Crippen LogP) is 1.31. The van der Waals surface area contributed by atoms with Crippen LogP contribution in [0.25, 0.3) is 0 Å². The van der Waals surface area contributed by atoms with E-state index < -0.39 is 0 Å². The Morgan fingerprint density at radius 2 is 2.37 bits per heavy atom. The molecule has 19 heavy (non-hydrogen) atoms. The minimum atomic E-state index is -0.347. The molecule has 0 aromatic heterocycles. The van der Waals surface area contributed by atoms with Crippen LogP contribution in [0.4, 0.5) is 10.1 Å². The van der Waals surface area contributed by atoms with Gasteiger partial charge in [0.25, 0.3) is 0 Å². The third-order valence-electron chi connectivity index (χ3n) is 3.32. The lowest BCUT2D eigenvalue weighted by molar-refractivity contribution is -0.115. The SMILES string of the molecule is CN1CCC(CNCC(=O)Nc2cccc(F)c2)C1. The Morgan fingerprint density at radius 3 is 3.05 bits per heavy atom. The van der Waals surface area contributed by atoms with Crippen LogP contribution in [0.3, 0.4) is 0 Å². The van der Waals surface area contributed by atoms with E-state index in [0.717, 1.165) is 19.6 Å². The number of anilines is 1. The molecule has 1 aromatic carbocycles. The van der Waals surface area contributed by atoms with Gasteiger partial charge >= 0.3 is 0 Å². The smallest absolute Gasteiger partial charge is 0.238 e. The number of likely N-dealkylation sites (tertiary alicyclic amines) is 1. The number of nitrogens with zero attached hydrogens (tertiary/aromatic N) is 1. The maximum atomic E-state index is 12.9. The number of hydrogen-bond acceptors (Lipinski definition) is 3. The van der Waals surface area contributed by atoms with E-state index >= 15 is 0 Å². The molecular weight excluding hydrogens is 245 g/mol. The molecule has 0 saturated carbocycles. The van der Waals surface area contributed by atoms with Crippen molar-refractivity contribution in [1.29, 1.82) is 0 Å². The van der Waals surface area contributed by atoms with Gasteiger partial charge in [-0.05, 0) is 50.7 Å². The van der Waals surface area contributed by atoms with Crippen molar-refractivity contribution in [2.45, 2.75) is 6.42 Å². The highest BCUT2D eigenvalue weighted by atomic mass is 19.1. The highest BCUT2D eigenvalue weighted by molar-refractivity contribution is 5.92. The van der Waals surface area contributed by atoms with Crippen molar-refractivity contribution in [3.8, 4) is 0 Å². The van der Waals surface area contributed by atoms with E-state index in [9.17, 15) is 9.18 Å². The van der Waals surface area contributed by atoms with Gasteiger partial charge in [0.05, 0.1) is 6.54 Å². The van der Waals surface area contributed by atoms with Gasteiger partial charge in [0.2, 0.25) is 5.91 Å². The predicted molar refractivity (Wildman–Crippen MR) is 73.5 cm³/mol. The first-order valence-corrected chi connectivity index (χ1v) is 6.58. The lowest BCUT2D eigenvalue weighted by Crippen LogP contribution is -2.32. The molecule has 1 heterocycles. The van der Waals surface area contributed by atoms with Crippen LogP contribution in [0.5, 0.6) is 0 Å². The fourth-order valence-corrected chi connectivity index (χ4v) is 2.35.